The highest BCUT2D eigenvalue weighted by molar-refractivity contribution is 5.16. The Morgan fingerprint density at radius 1 is 1.06 bits per heavy atom. The highest BCUT2D eigenvalue weighted by atomic mass is 15.3. The van der Waals surface area contributed by atoms with Gasteiger partial charge in [-0.05, 0) is 58.5 Å². The monoisotopic (exact) mass is 252 g/mol. The van der Waals surface area contributed by atoms with Crippen molar-refractivity contribution in [2.75, 3.05) is 20.6 Å². The Balaban J connectivity index is 2.27. The van der Waals surface area contributed by atoms with Crippen molar-refractivity contribution in [1.82, 2.24) is 9.80 Å². The fourth-order valence-corrected chi connectivity index (χ4v) is 4.26. The molecule has 0 radical (unpaired) electrons. The molecule has 18 heavy (non-hydrogen) atoms. The summed E-state index contributed by atoms with van der Waals surface area (Å²) < 4.78 is 0. The third-order valence-corrected chi connectivity index (χ3v) is 4.66. The van der Waals surface area contributed by atoms with E-state index in [4.69, 9.17) is 0 Å². The van der Waals surface area contributed by atoms with Crippen LogP contribution >= 0.6 is 0 Å². The van der Waals surface area contributed by atoms with Gasteiger partial charge in [0.1, 0.15) is 0 Å². The van der Waals surface area contributed by atoms with Gasteiger partial charge >= 0.3 is 0 Å². The summed E-state index contributed by atoms with van der Waals surface area (Å²) in [6, 6.07) is 1.59. The van der Waals surface area contributed by atoms with Gasteiger partial charge in [0.15, 0.2) is 0 Å². The molecule has 2 nitrogen and oxygen atoms in total. The van der Waals surface area contributed by atoms with E-state index in [0.29, 0.717) is 11.0 Å². The van der Waals surface area contributed by atoms with E-state index in [2.05, 4.69) is 65.4 Å². The van der Waals surface area contributed by atoms with E-state index >= 15 is 0 Å². The highest BCUT2D eigenvalue weighted by Crippen LogP contribution is 2.58. The summed E-state index contributed by atoms with van der Waals surface area (Å²) in [7, 11) is 4.44. The van der Waals surface area contributed by atoms with Crippen molar-refractivity contribution < 1.29 is 0 Å². The molecule has 1 saturated heterocycles. The Morgan fingerprint density at radius 2 is 1.61 bits per heavy atom. The lowest BCUT2D eigenvalue weighted by Gasteiger charge is -2.47. The van der Waals surface area contributed by atoms with Crippen LogP contribution in [-0.4, -0.2) is 48.1 Å². The minimum Gasteiger partial charge on any atom is -0.309 e. The Hall–Kier alpha value is -0.0800. The Labute approximate surface area is 114 Å². The number of piperidine rings is 1. The molecule has 0 amide bonds. The van der Waals surface area contributed by atoms with E-state index in [0.717, 1.165) is 23.9 Å². The Morgan fingerprint density at radius 3 is 2.00 bits per heavy atom. The minimum absolute atomic E-state index is 0.304. The number of rotatable bonds is 2. The molecular formula is C16H32N2. The van der Waals surface area contributed by atoms with Crippen LogP contribution in [0.5, 0.6) is 0 Å². The standard InChI is InChI=1S/C16H32N2/c1-15(2,3)14-12(10-17(7)8)11-9-13(11)18(14)16(4,5)6/h11-14H,9-10H2,1-8H3/t11?,12?,13?,14-/m0/s1. The second kappa shape index (κ2) is 4.21. The van der Waals surface area contributed by atoms with Gasteiger partial charge in [-0.2, -0.15) is 0 Å². The van der Waals surface area contributed by atoms with E-state index in [1.165, 1.54) is 13.0 Å². The van der Waals surface area contributed by atoms with Gasteiger partial charge < -0.3 is 4.90 Å². The normalized spacial score (nSPS) is 37.2. The number of nitrogens with zero attached hydrogens (tertiary/aromatic N) is 2. The van der Waals surface area contributed by atoms with Crippen LogP contribution in [0.2, 0.25) is 0 Å². The molecule has 0 spiro atoms. The van der Waals surface area contributed by atoms with Crippen LogP contribution in [-0.2, 0) is 0 Å². The third kappa shape index (κ3) is 2.46. The lowest BCUT2D eigenvalue weighted by atomic mass is 9.76. The number of hydrogen-bond acceptors (Lipinski definition) is 2. The quantitative estimate of drug-likeness (QED) is 0.745. The average molecular weight is 252 g/mol. The minimum atomic E-state index is 0.304. The summed E-state index contributed by atoms with van der Waals surface area (Å²) in [6.45, 7) is 15.7. The lowest BCUT2D eigenvalue weighted by Crippen LogP contribution is -2.55. The first-order chi connectivity index (χ1) is 8.03. The van der Waals surface area contributed by atoms with Crippen LogP contribution in [0.4, 0.5) is 0 Å². The van der Waals surface area contributed by atoms with E-state index in [9.17, 15) is 0 Å². The molecular weight excluding hydrogens is 220 g/mol. The molecule has 2 heteroatoms. The second-order valence-electron chi connectivity index (χ2n) is 8.78. The predicted octanol–water partition coefficient (Wildman–Crippen LogP) is 3.08. The molecule has 0 aromatic carbocycles. The topological polar surface area (TPSA) is 6.48 Å². The zero-order chi connectivity index (χ0) is 13.9. The summed E-state index contributed by atoms with van der Waals surface area (Å²) in [5.74, 6) is 1.81. The number of fused-ring (bicyclic) bond motifs is 1. The van der Waals surface area contributed by atoms with E-state index in [1.54, 1.807) is 0 Å². The van der Waals surface area contributed by atoms with Crippen LogP contribution in [0.15, 0.2) is 0 Å². The summed E-state index contributed by atoms with van der Waals surface area (Å²) in [5.41, 5.74) is 0.680. The van der Waals surface area contributed by atoms with Crippen LogP contribution in [0.25, 0.3) is 0 Å². The molecule has 1 heterocycles. The molecule has 0 aromatic heterocycles. The SMILES string of the molecule is CN(C)CC1C2CC2N(C(C)(C)C)[C@@H]1C(C)(C)C. The largest absolute Gasteiger partial charge is 0.309 e. The fraction of sp³-hybridized carbons (Fsp3) is 1.00. The molecule has 106 valence electrons. The van der Waals surface area contributed by atoms with Gasteiger partial charge in [-0.3, -0.25) is 4.90 Å². The zero-order valence-electron chi connectivity index (χ0n) is 13.6. The van der Waals surface area contributed by atoms with Gasteiger partial charge in [-0.15, -0.1) is 0 Å². The molecule has 2 fully saturated rings. The highest BCUT2D eigenvalue weighted by Gasteiger charge is 2.62. The van der Waals surface area contributed by atoms with Crippen LogP contribution in [0.3, 0.4) is 0 Å². The van der Waals surface area contributed by atoms with Gasteiger partial charge in [0.2, 0.25) is 0 Å². The first-order valence-electron chi connectivity index (χ1n) is 7.46. The average Bonchev–Trinajstić information content (AvgIpc) is 2.80. The predicted molar refractivity (Wildman–Crippen MR) is 78.8 cm³/mol. The summed E-state index contributed by atoms with van der Waals surface area (Å²) in [5, 5.41) is 0. The molecule has 1 saturated carbocycles. The maximum absolute atomic E-state index is 2.84. The zero-order valence-corrected chi connectivity index (χ0v) is 13.6. The van der Waals surface area contributed by atoms with Crippen molar-refractivity contribution in [1.29, 1.82) is 0 Å². The summed E-state index contributed by atoms with van der Waals surface area (Å²) in [4.78, 5) is 5.22. The molecule has 4 atom stereocenters. The smallest absolute Gasteiger partial charge is 0.0196 e. The Bertz CT molecular complexity index is 308. The number of hydrogen-bond donors (Lipinski definition) is 0. The molecule has 0 aromatic rings. The molecule has 1 aliphatic carbocycles. The summed E-state index contributed by atoms with van der Waals surface area (Å²) in [6.07, 6.45) is 1.43. The van der Waals surface area contributed by atoms with Crippen molar-refractivity contribution in [3.05, 3.63) is 0 Å². The molecule has 0 bridgehead atoms. The lowest BCUT2D eigenvalue weighted by molar-refractivity contribution is 0.00935. The fourth-order valence-electron chi connectivity index (χ4n) is 4.26. The van der Waals surface area contributed by atoms with Crippen LogP contribution in [0, 0.1) is 17.3 Å². The molecule has 0 N–H and O–H groups in total. The number of likely N-dealkylation sites (tertiary alicyclic amines) is 1. The van der Waals surface area contributed by atoms with Crippen molar-refractivity contribution >= 4 is 0 Å². The van der Waals surface area contributed by atoms with Crippen molar-refractivity contribution in [3.63, 3.8) is 0 Å². The molecule has 2 rings (SSSR count). The van der Waals surface area contributed by atoms with Gasteiger partial charge in [0.25, 0.3) is 0 Å². The maximum Gasteiger partial charge on any atom is 0.0196 e. The van der Waals surface area contributed by atoms with Gasteiger partial charge in [0, 0.05) is 24.2 Å². The van der Waals surface area contributed by atoms with Gasteiger partial charge in [-0.25, -0.2) is 0 Å². The van der Waals surface area contributed by atoms with Crippen molar-refractivity contribution in [2.24, 2.45) is 17.3 Å². The van der Waals surface area contributed by atoms with Crippen LogP contribution in [0.1, 0.15) is 48.0 Å². The maximum atomic E-state index is 2.84. The van der Waals surface area contributed by atoms with E-state index in [-0.39, 0.29) is 0 Å². The molecule has 1 aliphatic heterocycles. The van der Waals surface area contributed by atoms with Crippen LogP contribution < -0.4 is 0 Å². The van der Waals surface area contributed by atoms with E-state index in [1.807, 2.05) is 0 Å². The molecule has 3 unspecified atom stereocenters. The van der Waals surface area contributed by atoms with Gasteiger partial charge in [0.05, 0.1) is 0 Å². The first-order valence-corrected chi connectivity index (χ1v) is 7.46. The second-order valence-corrected chi connectivity index (χ2v) is 8.78. The third-order valence-electron chi connectivity index (χ3n) is 4.66. The molecule has 2 aliphatic rings. The first kappa shape index (κ1) is 14.3. The summed E-state index contributed by atoms with van der Waals surface area (Å²) >= 11 is 0. The van der Waals surface area contributed by atoms with Crippen molar-refractivity contribution in [2.45, 2.75) is 65.6 Å². The Kier molecular flexibility index (Phi) is 3.35. The van der Waals surface area contributed by atoms with E-state index < -0.39 is 0 Å². The van der Waals surface area contributed by atoms with Crippen molar-refractivity contribution in [3.8, 4) is 0 Å². The van der Waals surface area contributed by atoms with Gasteiger partial charge in [-0.1, -0.05) is 20.8 Å².